The zero-order chi connectivity index (χ0) is 12.3. The van der Waals surface area contributed by atoms with Crippen molar-refractivity contribution in [2.45, 2.75) is 33.7 Å². The van der Waals surface area contributed by atoms with Crippen LogP contribution in [0.15, 0.2) is 18.3 Å². The molecule has 0 unspecified atom stereocenters. The van der Waals surface area contributed by atoms with Crippen LogP contribution in [0.25, 0.3) is 0 Å². The van der Waals surface area contributed by atoms with Crippen LogP contribution in [-0.4, -0.2) is 18.6 Å². The number of pyridine rings is 1. The second-order valence-corrected chi connectivity index (χ2v) is 5.65. The Balaban J connectivity index is 2.74. The van der Waals surface area contributed by atoms with Gasteiger partial charge in [0.2, 0.25) is 0 Å². The third-order valence-corrected chi connectivity index (χ3v) is 2.39. The minimum absolute atomic E-state index is 0.00183. The van der Waals surface area contributed by atoms with E-state index in [0.717, 1.165) is 17.9 Å². The van der Waals surface area contributed by atoms with Crippen LogP contribution in [0.1, 0.15) is 39.4 Å². The fraction of sp³-hybridized carbons (Fsp3) is 0.615. The molecule has 1 rings (SSSR count). The first-order valence-electron chi connectivity index (χ1n) is 5.72. The summed E-state index contributed by atoms with van der Waals surface area (Å²) < 4.78 is 0. The molecule has 0 amide bonds. The Kier molecular flexibility index (Phi) is 3.92. The van der Waals surface area contributed by atoms with Gasteiger partial charge in [-0.3, -0.25) is 4.98 Å². The van der Waals surface area contributed by atoms with Gasteiger partial charge in [0, 0.05) is 19.6 Å². The van der Waals surface area contributed by atoms with Gasteiger partial charge in [0.15, 0.2) is 0 Å². The van der Waals surface area contributed by atoms with Crippen molar-refractivity contribution in [3.63, 3.8) is 0 Å². The Morgan fingerprint density at radius 1 is 1.38 bits per heavy atom. The lowest BCUT2D eigenvalue weighted by atomic mass is 9.96. The van der Waals surface area contributed by atoms with E-state index in [0.29, 0.717) is 0 Å². The Hall–Kier alpha value is -1.09. The van der Waals surface area contributed by atoms with Crippen LogP contribution < -0.4 is 10.6 Å². The molecule has 3 nitrogen and oxygen atoms in total. The summed E-state index contributed by atoms with van der Waals surface area (Å²) in [5.74, 6) is 0. The molecule has 90 valence electrons. The smallest absolute Gasteiger partial charge is 0.0569 e. The maximum absolute atomic E-state index is 5.77. The second-order valence-electron chi connectivity index (χ2n) is 5.65. The zero-order valence-corrected chi connectivity index (χ0v) is 11.0. The highest BCUT2D eigenvalue weighted by Crippen LogP contribution is 2.20. The minimum Gasteiger partial charge on any atom is -0.373 e. The Morgan fingerprint density at radius 2 is 2.00 bits per heavy atom. The molecule has 0 aliphatic rings. The Bertz CT molecular complexity index is 322. The first-order chi connectivity index (χ1) is 7.29. The van der Waals surface area contributed by atoms with Gasteiger partial charge in [-0.1, -0.05) is 20.8 Å². The molecule has 0 saturated carbocycles. The lowest BCUT2D eigenvalue weighted by Gasteiger charge is -2.28. The van der Waals surface area contributed by atoms with Gasteiger partial charge in [-0.25, -0.2) is 0 Å². The summed E-state index contributed by atoms with van der Waals surface area (Å²) in [6.07, 6.45) is 1.89. The van der Waals surface area contributed by atoms with Gasteiger partial charge in [0.05, 0.1) is 17.6 Å². The molecule has 0 aromatic carbocycles. The van der Waals surface area contributed by atoms with Crippen molar-refractivity contribution in [2.24, 2.45) is 11.1 Å². The van der Waals surface area contributed by atoms with Crippen molar-refractivity contribution >= 4 is 5.69 Å². The zero-order valence-electron chi connectivity index (χ0n) is 11.0. The van der Waals surface area contributed by atoms with Crippen molar-refractivity contribution in [2.75, 3.05) is 18.5 Å². The first kappa shape index (κ1) is 13.0. The third-order valence-electron chi connectivity index (χ3n) is 2.39. The number of anilines is 1. The second kappa shape index (κ2) is 4.83. The summed E-state index contributed by atoms with van der Waals surface area (Å²) in [6.45, 7) is 9.64. The van der Waals surface area contributed by atoms with E-state index in [9.17, 15) is 0 Å². The summed E-state index contributed by atoms with van der Waals surface area (Å²) >= 11 is 0. The maximum Gasteiger partial charge on any atom is 0.0569 e. The van der Waals surface area contributed by atoms with Crippen molar-refractivity contribution in [3.8, 4) is 0 Å². The topological polar surface area (TPSA) is 42.1 Å². The summed E-state index contributed by atoms with van der Waals surface area (Å²) in [5, 5.41) is 0. The number of hydrogen-bond acceptors (Lipinski definition) is 3. The van der Waals surface area contributed by atoms with Crippen LogP contribution in [-0.2, 0) is 0 Å². The largest absolute Gasteiger partial charge is 0.373 e. The Morgan fingerprint density at radius 3 is 2.38 bits per heavy atom. The summed E-state index contributed by atoms with van der Waals surface area (Å²) in [5.41, 5.74) is 8.13. The molecule has 1 aromatic heterocycles. The van der Waals surface area contributed by atoms with Gasteiger partial charge < -0.3 is 10.6 Å². The molecule has 0 saturated heterocycles. The highest BCUT2D eigenvalue weighted by atomic mass is 15.1. The van der Waals surface area contributed by atoms with Crippen LogP contribution in [0.4, 0.5) is 5.69 Å². The molecule has 1 heterocycles. The fourth-order valence-electron chi connectivity index (χ4n) is 1.70. The highest BCUT2D eigenvalue weighted by molar-refractivity contribution is 5.44. The lowest BCUT2D eigenvalue weighted by Crippen LogP contribution is -2.29. The number of nitrogens with zero attached hydrogens (tertiary/aromatic N) is 2. The predicted molar refractivity (Wildman–Crippen MR) is 69.6 cm³/mol. The summed E-state index contributed by atoms with van der Waals surface area (Å²) in [4.78, 5) is 6.58. The summed E-state index contributed by atoms with van der Waals surface area (Å²) in [7, 11) is 2.09. The van der Waals surface area contributed by atoms with Gasteiger partial charge in [0.25, 0.3) is 0 Å². The molecule has 0 bridgehead atoms. The standard InChI is InChI=1S/C13H23N3/c1-10(14)12-7-6-11(8-15-12)16(5)9-13(2,3)4/h6-8,10H,9,14H2,1-5H3/t10-/m0/s1. The van der Waals surface area contributed by atoms with Gasteiger partial charge in [0.1, 0.15) is 0 Å². The van der Waals surface area contributed by atoms with E-state index in [1.54, 1.807) is 0 Å². The molecular weight excluding hydrogens is 198 g/mol. The number of rotatable bonds is 3. The maximum atomic E-state index is 5.77. The molecule has 1 atom stereocenters. The van der Waals surface area contributed by atoms with Crippen LogP contribution >= 0.6 is 0 Å². The highest BCUT2D eigenvalue weighted by Gasteiger charge is 2.14. The molecule has 0 aliphatic carbocycles. The molecule has 3 heteroatoms. The molecule has 0 aliphatic heterocycles. The average molecular weight is 221 g/mol. The number of nitrogens with two attached hydrogens (primary N) is 1. The SMILES string of the molecule is C[C@H](N)c1ccc(N(C)CC(C)(C)C)cn1. The number of aromatic nitrogens is 1. The van der Waals surface area contributed by atoms with Crippen molar-refractivity contribution in [1.82, 2.24) is 4.98 Å². The van der Waals surface area contributed by atoms with E-state index in [1.165, 1.54) is 0 Å². The van der Waals surface area contributed by atoms with Crippen molar-refractivity contribution in [1.29, 1.82) is 0 Å². The lowest BCUT2D eigenvalue weighted by molar-refractivity contribution is 0.419. The van der Waals surface area contributed by atoms with E-state index in [-0.39, 0.29) is 11.5 Å². The van der Waals surface area contributed by atoms with Gasteiger partial charge in [-0.15, -0.1) is 0 Å². The van der Waals surface area contributed by atoms with Crippen LogP contribution in [0.3, 0.4) is 0 Å². The molecule has 0 radical (unpaired) electrons. The van der Waals surface area contributed by atoms with Crippen LogP contribution in [0.2, 0.25) is 0 Å². The third kappa shape index (κ3) is 3.81. The molecule has 0 fully saturated rings. The van der Waals surface area contributed by atoms with E-state index in [4.69, 9.17) is 5.73 Å². The van der Waals surface area contributed by atoms with Crippen molar-refractivity contribution < 1.29 is 0 Å². The van der Waals surface area contributed by atoms with E-state index < -0.39 is 0 Å². The van der Waals surface area contributed by atoms with Gasteiger partial charge in [-0.2, -0.15) is 0 Å². The molecule has 2 N–H and O–H groups in total. The Labute approximate surface area is 98.7 Å². The molecule has 16 heavy (non-hydrogen) atoms. The van der Waals surface area contributed by atoms with Crippen LogP contribution in [0, 0.1) is 5.41 Å². The van der Waals surface area contributed by atoms with Crippen molar-refractivity contribution in [3.05, 3.63) is 24.0 Å². The predicted octanol–water partition coefficient (Wildman–Crippen LogP) is 2.58. The van der Waals surface area contributed by atoms with E-state index in [2.05, 4.69) is 43.8 Å². The molecule has 0 spiro atoms. The molecule has 1 aromatic rings. The fourth-order valence-corrected chi connectivity index (χ4v) is 1.70. The van der Waals surface area contributed by atoms with E-state index in [1.807, 2.05) is 19.2 Å². The average Bonchev–Trinajstić information content (AvgIpc) is 2.15. The summed E-state index contributed by atoms with van der Waals surface area (Å²) in [6, 6.07) is 4.08. The van der Waals surface area contributed by atoms with Crippen LogP contribution in [0.5, 0.6) is 0 Å². The van der Waals surface area contributed by atoms with Gasteiger partial charge in [-0.05, 0) is 24.5 Å². The minimum atomic E-state index is 0.00183. The first-order valence-corrected chi connectivity index (χ1v) is 5.72. The normalized spacial score (nSPS) is 13.6. The molecular formula is C13H23N3. The quantitative estimate of drug-likeness (QED) is 0.853. The van der Waals surface area contributed by atoms with E-state index >= 15 is 0 Å². The van der Waals surface area contributed by atoms with Gasteiger partial charge >= 0.3 is 0 Å². The number of hydrogen-bond donors (Lipinski definition) is 1. The monoisotopic (exact) mass is 221 g/mol.